The summed E-state index contributed by atoms with van der Waals surface area (Å²) in [7, 11) is 0. The predicted octanol–water partition coefficient (Wildman–Crippen LogP) is 3.43. The van der Waals surface area contributed by atoms with Gasteiger partial charge in [-0.1, -0.05) is 45.3 Å². The molecule has 0 aliphatic heterocycles. The summed E-state index contributed by atoms with van der Waals surface area (Å²) in [6.07, 6.45) is 0. The lowest BCUT2D eigenvalue weighted by atomic mass is 10.2. The van der Waals surface area contributed by atoms with Crippen molar-refractivity contribution in [3.63, 3.8) is 0 Å². The van der Waals surface area contributed by atoms with Gasteiger partial charge in [0.1, 0.15) is 11.4 Å². The number of nitrogens with zero attached hydrogens (tertiary/aromatic N) is 7. The summed E-state index contributed by atoms with van der Waals surface area (Å²) in [4.78, 5) is 0. The summed E-state index contributed by atoms with van der Waals surface area (Å²) in [5, 5.41) is 25.2. The molecule has 0 spiro atoms. The first-order chi connectivity index (χ1) is 11.1. The van der Waals surface area contributed by atoms with Crippen LogP contribution in [0.15, 0.2) is 43.9 Å². The van der Waals surface area contributed by atoms with Crippen molar-refractivity contribution in [2.24, 2.45) is 10.3 Å². The number of aromatic nitrogens is 4. The van der Waals surface area contributed by atoms with E-state index in [1.54, 1.807) is 19.9 Å². The number of rotatable bonds is 5. The SMILES string of the molecule is Cc1nonc1N=NN(Cc1ccccc1Cl)c1nonc1C. The summed E-state index contributed by atoms with van der Waals surface area (Å²) >= 11 is 6.20. The van der Waals surface area contributed by atoms with Crippen LogP contribution in [0.3, 0.4) is 0 Å². The number of aryl methyl sites for hydroxylation is 2. The molecule has 0 amide bonds. The number of anilines is 1. The van der Waals surface area contributed by atoms with Crippen LogP contribution in [0.5, 0.6) is 0 Å². The highest BCUT2D eigenvalue weighted by Crippen LogP contribution is 2.24. The van der Waals surface area contributed by atoms with Gasteiger partial charge in [0, 0.05) is 5.02 Å². The lowest BCUT2D eigenvalue weighted by Crippen LogP contribution is -2.16. The van der Waals surface area contributed by atoms with Crippen LogP contribution in [0.25, 0.3) is 0 Å². The Bertz CT molecular complexity index is 829. The van der Waals surface area contributed by atoms with Crippen molar-refractivity contribution in [3.8, 4) is 0 Å². The lowest BCUT2D eigenvalue weighted by molar-refractivity contribution is 0.304. The molecular weight excluding hydrogens is 322 g/mol. The highest BCUT2D eigenvalue weighted by molar-refractivity contribution is 6.31. The quantitative estimate of drug-likeness (QED) is 0.520. The molecule has 10 heteroatoms. The first-order valence-corrected chi connectivity index (χ1v) is 7.04. The highest BCUT2D eigenvalue weighted by Gasteiger charge is 2.17. The van der Waals surface area contributed by atoms with Crippen molar-refractivity contribution in [1.29, 1.82) is 0 Å². The van der Waals surface area contributed by atoms with E-state index in [-0.39, 0.29) is 5.82 Å². The highest BCUT2D eigenvalue weighted by atomic mass is 35.5. The molecule has 3 aromatic rings. The Labute approximate surface area is 135 Å². The molecule has 118 valence electrons. The fraction of sp³-hybridized carbons (Fsp3) is 0.231. The molecule has 9 nitrogen and oxygen atoms in total. The lowest BCUT2D eigenvalue weighted by Gasteiger charge is -2.15. The molecule has 0 unspecified atom stereocenters. The average Bonchev–Trinajstić information content (AvgIpc) is 3.14. The van der Waals surface area contributed by atoms with Crippen LogP contribution in [0.2, 0.25) is 5.02 Å². The molecular formula is C13H12ClN7O2. The molecule has 0 radical (unpaired) electrons. The van der Waals surface area contributed by atoms with Crippen molar-refractivity contribution in [2.45, 2.75) is 20.4 Å². The van der Waals surface area contributed by atoms with E-state index in [0.29, 0.717) is 28.8 Å². The van der Waals surface area contributed by atoms with E-state index in [1.807, 2.05) is 18.2 Å². The van der Waals surface area contributed by atoms with Gasteiger partial charge in [-0.15, -0.1) is 5.11 Å². The van der Waals surface area contributed by atoms with Gasteiger partial charge >= 0.3 is 0 Å². The Morgan fingerprint density at radius 1 is 1.04 bits per heavy atom. The molecule has 23 heavy (non-hydrogen) atoms. The van der Waals surface area contributed by atoms with E-state index in [9.17, 15) is 0 Å². The van der Waals surface area contributed by atoms with Crippen LogP contribution >= 0.6 is 11.6 Å². The molecule has 3 rings (SSSR count). The molecule has 0 N–H and O–H groups in total. The van der Waals surface area contributed by atoms with Gasteiger partial charge in [0.2, 0.25) is 11.6 Å². The van der Waals surface area contributed by atoms with Crippen LogP contribution in [-0.2, 0) is 6.54 Å². The Hall–Kier alpha value is -2.81. The van der Waals surface area contributed by atoms with E-state index >= 15 is 0 Å². The summed E-state index contributed by atoms with van der Waals surface area (Å²) in [6, 6.07) is 7.42. The second-order valence-corrected chi connectivity index (χ2v) is 5.09. The van der Waals surface area contributed by atoms with Crippen molar-refractivity contribution in [2.75, 3.05) is 5.01 Å². The Morgan fingerprint density at radius 2 is 1.78 bits per heavy atom. The maximum atomic E-state index is 6.20. The van der Waals surface area contributed by atoms with E-state index in [1.165, 1.54) is 5.01 Å². The summed E-state index contributed by atoms with van der Waals surface area (Å²) in [6.45, 7) is 3.80. The molecule has 0 fully saturated rings. The molecule has 0 saturated carbocycles. The minimum absolute atomic E-state index is 0.281. The zero-order chi connectivity index (χ0) is 16.2. The van der Waals surface area contributed by atoms with Crippen molar-refractivity contribution < 1.29 is 9.26 Å². The van der Waals surface area contributed by atoms with Crippen molar-refractivity contribution in [3.05, 3.63) is 46.2 Å². The van der Waals surface area contributed by atoms with Crippen LogP contribution < -0.4 is 5.01 Å². The zero-order valence-electron chi connectivity index (χ0n) is 12.3. The summed E-state index contributed by atoms with van der Waals surface area (Å²) in [5.74, 6) is 0.714. The maximum absolute atomic E-state index is 6.20. The third-order valence-corrected chi connectivity index (χ3v) is 3.40. The van der Waals surface area contributed by atoms with Crippen molar-refractivity contribution in [1.82, 2.24) is 20.6 Å². The molecule has 0 aliphatic carbocycles. The van der Waals surface area contributed by atoms with Gasteiger partial charge in [-0.05, 0) is 35.8 Å². The standard InChI is InChI=1S/C13H12ClN7O2/c1-8-12(18-22-16-8)15-20-21(13-9(2)17-23-19-13)7-10-5-3-4-6-11(10)14/h3-6H,7H2,1-2H3. The normalized spacial score (nSPS) is 11.3. The topological polar surface area (TPSA) is 106 Å². The van der Waals surface area contributed by atoms with Crippen LogP contribution in [0, 0.1) is 13.8 Å². The van der Waals surface area contributed by atoms with Gasteiger partial charge in [0.15, 0.2) is 0 Å². The van der Waals surface area contributed by atoms with Crippen LogP contribution in [0.1, 0.15) is 17.0 Å². The Balaban J connectivity index is 1.91. The second kappa shape index (κ2) is 6.53. The number of benzene rings is 1. The minimum Gasteiger partial charge on any atom is -0.242 e. The van der Waals surface area contributed by atoms with Gasteiger partial charge in [0.05, 0.1) is 6.54 Å². The van der Waals surface area contributed by atoms with Crippen LogP contribution in [-0.4, -0.2) is 20.6 Å². The third kappa shape index (κ3) is 3.34. The van der Waals surface area contributed by atoms with Gasteiger partial charge in [-0.25, -0.2) is 14.3 Å². The molecule has 2 heterocycles. The largest absolute Gasteiger partial charge is 0.242 e. The molecule has 0 bridgehead atoms. The van der Waals surface area contributed by atoms with Crippen molar-refractivity contribution >= 4 is 23.2 Å². The summed E-state index contributed by atoms with van der Waals surface area (Å²) < 4.78 is 9.32. The second-order valence-electron chi connectivity index (χ2n) is 4.68. The Kier molecular flexibility index (Phi) is 4.29. The van der Waals surface area contributed by atoms with E-state index in [2.05, 4.69) is 35.6 Å². The van der Waals surface area contributed by atoms with Gasteiger partial charge in [0.25, 0.3) is 0 Å². The van der Waals surface area contributed by atoms with Gasteiger partial charge in [-0.3, -0.25) is 0 Å². The minimum atomic E-state index is 0.281. The van der Waals surface area contributed by atoms with Gasteiger partial charge in [-0.2, -0.15) is 0 Å². The average molecular weight is 334 g/mol. The van der Waals surface area contributed by atoms with E-state index < -0.39 is 0 Å². The first kappa shape index (κ1) is 15.1. The molecule has 1 aromatic carbocycles. The fourth-order valence-corrected chi connectivity index (χ4v) is 2.01. The predicted molar refractivity (Wildman–Crippen MR) is 80.2 cm³/mol. The third-order valence-electron chi connectivity index (χ3n) is 3.03. The Morgan fingerprint density at radius 3 is 2.43 bits per heavy atom. The fourth-order valence-electron chi connectivity index (χ4n) is 1.81. The van der Waals surface area contributed by atoms with Crippen LogP contribution in [0.4, 0.5) is 11.6 Å². The molecule has 0 atom stereocenters. The molecule has 2 aromatic heterocycles. The monoisotopic (exact) mass is 333 g/mol. The summed E-state index contributed by atoms with van der Waals surface area (Å²) in [5.41, 5.74) is 1.96. The molecule has 0 saturated heterocycles. The maximum Gasteiger partial charge on any atom is 0.242 e. The number of hydrogen-bond donors (Lipinski definition) is 0. The smallest absolute Gasteiger partial charge is 0.242 e. The van der Waals surface area contributed by atoms with Gasteiger partial charge < -0.3 is 0 Å². The van der Waals surface area contributed by atoms with E-state index in [0.717, 1.165) is 5.56 Å². The first-order valence-electron chi connectivity index (χ1n) is 6.66. The molecule has 0 aliphatic rings. The number of halogens is 1. The van der Waals surface area contributed by atoms with E-state index in [4.69, 9.17) is 16.2 Å². The number of hydrogen-bond acceptors (Lipinski definition) is 8. The zero-order valence-corrected chi connectivity index (χ0v) is 13.1.